The Bertz CT molecular complexity index is 430. The number of rotatable bonds is 1. The van der Waals surface area contributed by atoms with E-state index < -0.39 is 0 Å². The van der Waals surface area contributed by atoms with Gasteiger partial charge in [0.05, 0.1) is 11.9 Å². The van der Waals surface area contributed by atoms with Gasteiger partial charge in [-0.15, -0.1) is 5.10 Å². The predicted molar refractivity (Wildman–Crippen MR) is 47.5 cm³/mol. The summed E-state index contributed by atoms with van der Waals surface area (Å²) in [6.45, 7) is 3.61. The lowest BCUT2D eigenvalue weighted by atomic mass is 10.5. The van der Waals surface area contributed by atoms with Crippen molar-refractivity contribution >= 4 is 17.5 Å². The third-order valence-corrected chi connectivity index (χ3v) is 1.57. The van der Waals surface area contributed by atoms with E-state index in [9.17, 15) is 0 Å². The quantitative estimate of drug-likeness (QED) is 0.675. The summed E-state index contributed by atoms with van der Waals surface area (Å²) in [5.41, 5.74) is 7.07. The fourth-order valence-corrected chi connectivity index (χ4v) is 1.01. The summed E-state index contributed by atoms with van der Waals surface area (Å²) in [4.78, 5) is 4.20. The number of nitrogens with zero attached hydrogens (tertiary/aromatic N) is 3. The van der Waals surface area contributed by atoms with Crippen LogP contribution in [0.2, 0.25) is 0 Å². The molecular weight excluding hydrogens is 152 g/mol. The number of hydrogen-bond donors (Lipinski definition) is 1. The summed E-state index contributed by atoms with van der Waals surface area (Å²) in [6.07, 6.45) is 3.45. The lowest BCUT2D eigenvalue weighted by Crippen LogP contribution is -1.95. The topological polar surface area (TPSA) is 56.2 Å². The fourth-order valence-electron chi connectivity index (χ4n) is 1.01. The van der Waals surface area contributed by atoms with E-state index in [1.807, 2.05) is 6.07 Å². The molecule has 0 unspecified atom stereocenters. The van der Waals surface area contributed by atoms with Gasteiger partial charge in [-0.25, -0.2) is 9.50 Å². The van der Waals surface area contributed by atoms with Gasteiger partial charge in [-0.05, 0) is 18.2 Å². The van der Waals surface area contributed by atoms with Gasteiger partial charge in [-0.3, -0.25) is 0 Å². The standard InChI is InChI=1S/C8H8N4/c1-2-6-5-12-8(10-6)4-3-7(9)11-12/h2-5H,1H2,(H2,9,11). The molecule has 60 valence electrons. The number of imidazole rings is 1. The molecule has 12 heavy (non-hydrogen) atoms. The Morgan fingerprint density at radius 3 is 3.08 bits per heavy atom. The van der Waals surface area contributed by atoms with Gasteiger partial charge in [-0.1, -0.05) is 6.58 Å². The Labute approximate surface area is 69.3 Å². The smallest absolute Gasteiger partial charge is 0.154 e. The average Bonchev–Trinajstić information content (AvgIpc) is 2.46. The van der Waals surface area contributed by atoms with Gasteiger partial charge in [0.15, 0.2) is 5.65 Å². The van der Waals surface area contributed by atoms with Crippen LogP contribution in [0.15, 0.2) is 24.9 Å². The highest BCUT2D eigenvalue weighted by Crippen LogP contribution is 2.05. The Balaban J connectivity index is 2.75. The number of fused-ring (bicyclic) bond motifs is 1. The molecule has 2 heterocycles. The summed E-state index contributed by atoms with van der Waals surface area (Å²) in [7, 11) is 0. The molecule has 2 aromatic heterocycles. The summed E-state index contributed by atoms with van der Waals surface area (Å²) < 4.78 is 1.63. The zero-order valence-electron chi connectivity index (χ0n) is 6.44. The highest BCUT2D eigenvalue weighted by molar-refractivity contribution is 5.50. The van der Waals surface area contributed by atoms with Crippen LogP contribution < -0.4 is 5.73 Å². The lowest BCUT2D eigenvalue weighted by Gasteiger charge is -1.91. The van der Waals surface area contributed by atoms with Gasteiger partial charge < -0.3 is 5.73 Å². The maximum atomic E-state index is 5.49. The van der Waals surface area contributed by atoms with Gasteiger partial charge in [0.1, 0.15) is 5.82 Å². The summed E-state index contributed by atoms with van der Waals surface area (Å²) in [6, 6.07) is 3.53. The van der Waals surface area contributed by atoms with Crippen LogP contribution in [0, 0.1) is 0 Å². The zero-order valence-corrected chi connectivity index (χ0v) is 6.44. The van der Waals surface area contributed by atoms with Crippen molar-refractivity contribution in [3.8, 4) is 0 Å². The van der Waals surface area contributed by atoms with Gasteiger partial charge in [-0.2, -0.15) is 0 Å². The minimum absolute atomic E-state index is 0.482. The Kier molecular flexibility index (Phi) is 1.33. The molecule has 0 radical (unpaired) electrons. The first kappa shape index (κ1) is 6.84. The van der Waals surface area contributed by atoms with Gasteiger partial charge in [0.25, 0.3) is 0 Å². The lowest BCUT2D eigenvalue weighted by molar-refractivity contribution is 0.945. The molecule has 0 aliphatic carbocycles. The van der Waals surface area contributed by atoms with Gasteiger partial charge >= 0.3 is 0 Å². The maximum Gasteiger partial charge on any atom is 0.154 e. The van der Waals surface area contributed by atoms with Crippen LogP contribution in [-0.4, -0.2) is 14.6 Å². The van der Waals surface area contributed by atoms with Crippen molar-refractivity contribution in [1.82, 2.24) is 14.6 Å². The molecule has 0 fully saturated rings. The number of nitrogens with two attached hydrogens (primary N) is 1. The maximum absolute atomic E-state index is 5.49. The minimum atomic E-state index is 0.482. The van der Waals surface area contributed by atoms with E-state index in [4.69, 9.17) is 5.73 Å². The summed E-state index contributed by atoms with van der Waals surface area (Å²) >= 11 is 0. The largest absolute Gasteiger partial charge is 0.382 e. The Morgan fingerprint density at radius 2 is 2.33 bits per heavy atom. The molecule has 2 rings (SSSR count). The number of nitrogen functional groups attached to an aromatic ring is 1. The second-order valence-electron chi connectivity index (χ2n) is 2.43. The minimum Gasteiger partial charge on any atom is -0.382 e. The van der Waals surface area contributed by atoms with Crippen LogP contribution in [0.3, 0.4) is 0 Å². The van der Waals surface area contributed by atoms with Crippen molar-refractivity contribution in [1.29, 1.82) is 0 Å². The van der Waals surface area contributed by atoms with Crippen LogP contribution in [0.5, 0.6) is 0 Å². The van der Waals surface area contributed by atoms with Crippen LogP contribution in [0.25, 0.3) is 11.7 Å². The third-order valence-electron chi connectivity index (χ3n) is 1.57. The second-order valence-corrected chi connectivity index (χ2v) is 2.43. The van der Waals surface area contributed by atoms with Crippen LogP contribution in [-0.2, 0) is 0 Å². The molecule has 4 heteroatoms. The molecule has 0 spiro atoms. The van der Waals surface area contributed by atoms with Crippen molar-refractivity contribution in [2.45, 2.75) is 0 Å². The molecule has 0 atom stereocenters. The van der Waals surface area contributed by atoms with Crippen LogP contribution in [0.4, 0.5) is 5.82 Å². The van der Waals surface area contributed by atoms with Crippen molar-refractivity contribution < 1.29 is 0 Å². The van der Waals surface area contributed by atoms with Crippen molar-refractivity contribution in [2.24, 2.45) is 0 Å². The first-order valence-electron chi connectivity index (χ1n) is 3.54. The van der Waals surface area contributed by atoms with Crippen molar-refractivity contribution in [2.75, 3.05) is 5.73 Å². The molecule has 0 aliphatic rings. The van der Waals surface area contributed by atoms with Crippen LogP contribution in [0.1, 0.15) is 5.69 Å². The van der Waals surface area contributed by atoms with E-state index in [2.05, 4.69) is 16.7 Å². The van der Waals surface area contributed by atoms with Crippen molar-refractivity contribution in [3.05, 3.63) is 30.6 Å². The average molecular weight is 160 g/mol. The summed E-state index contributed by atoms with van der Waals surface area (Å²) in [5, 5.41) is 4.03. The molecule has 0 aliphatic heterocycles. The van der Waals surface area contributed by atoms with E-state index in [1.54, 1.807) is 22.9 Å². The first-order chi connectivity index (χ1) is 5.79. The van der Waals surface area contributed by atoms with E-state index >= 15 is 0 Å². The first-order valence-corrected chi connectivity index (χ1v) is 3.54. The highest BCUT2D eigenvalue weighted by Gasteiger charge is 1.98. The molecule has 2 aromatic rings. The third kappa shape index (κ3) is 0.934. The van der Waals surface area contributed by atoms with E-state index in [0.717, 1.165) is 11.3 Å². The molecule has 0 saturated carbocycles. The van der Waals surface area contributed by atoms with Gasteiger partial charge in [0.2, 0.25) is 0 Å². The molecular formula is C8H8N4. The highest BCUT2D eigenvalue weighted by atomic mass is 15.3. The van der Waals surface area contributed by atoms with Crippen LogP contribution >= 0.6 is 0 Å². The van der Waals surface area contributed by atoms with Gasteiger partial charge in [0, 0.05) is 0 Å². The van der Waals surface area contributed by atoms with E-state index in [1.165, 1.54) is 0 Å². The normalized spacial score (nSPS) is 10.3. The number of aromatic nitrogens is 3. The second kappa shape index (κ2) is 2.34. The molecule has 0 bridgehead atoms. The molecule has 4 nitrogen and oxygen atoms in total. The molecule has 0 amide bonds. The SMILES string of the molecule is C=Cc1cn2nc(N)ccc2n1. The van der Waals surface area contributed by atoms with Crippen molar-refractivity contribution in [3.63, 3.8) is 0 Å². The predicted octanol–water partition coefficient (Wildman–Crippen LogP) is 0.955. The Morgan fingerprint density at radius 1 is 1.50 bits per heavy atom. The molecule has 0 saturated heterocycles. The fraction of sp³-hybridized carbons (Fsp3) is 0. The van der Waals surface area contributed by atoms with E-state index in [0.29, 0.717) is 5.82 Å². The number of hydrogen-bond acceptors (Lipinski definition) is 3. The Hall–Kier alpha value is -1.84. The van der Waals surface area contributed by atoms with E-state index in [-0.39, 0.29) is 0 Å². The monoisotopic (exact) mass is 160 g/mol. The summed E-state index contributed by atoms with van der Waals surface area (Å²) in [5.74, 6) is 0.482. The molecule has 0 aromatic carbocycles. The molecule has 2 N–H and O–H groups in total. The number of anilines is 1. The zero-order chi connectivity index (χ0) is 8.55.